The van der Waals surface area contributed by atoms with Crippen molar-refractivity contribution in [2.45, 2.75) is 32.5 Å². The van der Waals surface area contributed by atoms with Crippen LogP contribution in [0.4, 0.5) is 18.9 Å². The van der Waals surface area contributed by atoms with E-state index in [1.165, 1.54) is 23.9 Å². The Kier molecular flexibility index (Phi) is 4.62. The highest BCUT2D eigenvalue weighted by Crippen LogP contribution is 2.35. The Bertz CT molecular complexity index is 497. The summed E-state index contributed by atoms with van der Waals surface area (Å²) in [4.78, 5) is 4.45. The van der Waals surface area contributed by atoms with Gasteiger partial charge < -0.3 is 5.32 Å². The normalized spacial score (nSPS) is 19.3. The van der Waals surface area contributed by atoms with Crippen molar-refractivity contribution in [2.75, 3.05) is 11.1 Å². The highest BCUT2D eigenvalue weighted by molar-refractivity contribution is 8.14. The highest BCUT2D eigenvalue weighted by Gasteiger charge is 2.33. The summed E-state index contributed by atoms with van der Waals surface area (Å²) < 4.78 is 38.7. The van der Waals surface area contributed by atoms with Crippen molar-refractivity contribution in [3.63, 3.8) is 0 Å². The topological polar surface area (TPSA) is 24.4 Å². The van der Waals surface area contributed by atoms with Gasteiger partial charge in [-0.1, -0.05) is 37.7 Å². The number of alkyl halides is 3. The van der Waals surface area contributed by atoms with Crippen molar-refractivity contribution in [1.29, 1.82) is 0 Å². The number of halogens is 3. The number of hydrogen-bond acceptors (Lipinski definition) is 3. The minimum Gasteiger partial charge on any atom is -0.334 e. The van der Waals surface area contributed by atoms with Crippen molar-refractivity contribution in [1.82, 2.24) is 0 Å². The van der Waals surface area contributed by atoms with E-state index in [2.05, 4.69) is 24.2 Å². The van der Waals surface area contributed by atoms with Gasteiger partial charge >= 0.3 is 6.18 Å². The zero-order chi connectivity index (χ0) is 14.8. The molecule has 110 valence electrons. The van der Waals surface area contributed by atoms with Crippen molar-refractivity contribution >= 4 is 22.6 Å². The molecule has 0 saturated carbocycles. The van der Waals surface area contributed by atoms with Gasteiger partial charge in [-0.3, -0.25) is 4.99 Å². The predicted molar refractivity (Wildman–Crippen MR) is 78.2 cm³/mol. The van der Waals surface area contributed by atoms with E-state index >= 15 is 0 Å². The number of nitrogens with zero attached hydrogens (tertiary/aromatic N) is 1. The molecule has 1 aromatic rings. The number of thioether (sulfide) groups is 1. The van der Waals surface area contributed by atoms with Crippen molar-refractivity contribution in [3.05, 3.63) is 29.8 Å². The number of aliphatic imine (C=N–C) groups is 1. The van der Waals surface area contributed by atoms with E-state index in [1.54, 1.807) is 6.07 Å². The van der Waals surface area contributed by atoms with Crippen LogP contribution in [0.25, 0.3) is 0 Å². The van der Waals surface area contributed by atoms with Gasteiger partial charge in [-0.25, -0.2) is 0 Å². The molecule has 6 heteroatoms. The summed E-state index contributed by atoms with van der Waals surface area (Å²) in [5.41, 5.74) is -0.591. The van der Waals surface area contributed by atoms with Crippen LogP contribution < -0.4 is 5.32 Å². The lowest BCUT2D eigenvalue weighted by atomic mass is 10.1. The lowest BCUT2D eigenvalue weighted by Gasteiger charge is -2.13. The first-order valence-corrected chi connectivity index (χ1v) is 7.48. The van der Waals surface area contributed by atoms with E-state index in [4.69, 9.17) is 0 Å². The molecule has 1 N–H and O–H groups in total. The van der Waals surface area contributed by atoms with Crippen LogP contribution in [0.15, 0.2) is 29.3 Å². The standard InChI is InChI=1S/C14H17F3N2S/c1-9(2)7-10-8-20-13(18-10)19-12-6-4-3-5-11(12)14(15,16)17/h3-6,9-10H,7-8H2,1-2H3,(H,18,19). The van der Waals surface area contributed by atoms with E-state index < -0.39 is 11.7 Å². The summed E-state index contributed by atoms with van der Waals surface area (Å²) in [7, 11) is 0. The fourth-order valence-electron chi connectivity index (χ4n) is 2.10. The van der Waals surface area contributed by atoms with Crippen LogP contribution in [0.1, 0.15) is 25.8 Å². The minimum atomic E-state index is -4.36. The second-order valence-electron chi connectivity index (χ2n) is 5.20. The first kappa shape index (κ1) is 15.2. The molecule has 0 fully saturated rings. The molecular formula is C14H17F3N2S. The van der Waals surface area contributed by atoms with Crippen LogP contribution in [-0.4, -0.2) is 17.0 Å². The van der Waals surface area contributed by atoms with Crippen LogP contribution in [0.2, 0.25) is 0 Å². The number of nitrogens with one attached hydrogen (secondary N) is 1. The predicted octanol–water partition coefficient (Wildman–Crippen LogP) is 4.63. The summed E-state index contributed by atoms with van der Waals surface area (Å²) in [5.74, 6) is 1.36. The van der Waals surface area contributed by atoms with Gasteiger partial charge in [0.25, 0.3) is 0 Å². The SMILES string of the molecule is CC(C)CC1CSC(Nc2ccccc2C(F)(F)F)=N1. The number of hydrogen-bond donors (Lipinski definition) is 1. The fraction of sp³-hybridized carbons (Fsp3) is 0.500. The van der Waals surface area contributed by atoms with Crippen LogP contribution in [0.5, 0.6) is 0 Å². The molecule has 1 aliphatic rings. The second-order valence-corrected chi connectivity index (χ2v) is 6.21. The van der Waals surface area contributed by atoms with Gasteiger partial charge in [0.05, 0.1) is 17.3 Å². The Balaban J connectivity index is 2.12. The molecule has 2 nitrogen and oxygen atoms in total. The fourth-order valence-corrected chi connectivity index (χ4v) is 3.07. The third kappa shape index (κ3) is 3.91. The maximum atomic E-state index is 12.9. The molecule has 0 aliphatic carbocycles. The van der Waals surface area contributed by atoms with Gasteiger partial charge in [0.1, 0.15) is 0 Å². The molecule has 0 spiro atoms. The third-order valence-electron chi connectivity index (χ3n) is 2.93. The Hall–Kier alpha value is -1.17. The molecule has 1 atom stereocenters. The smallest absolute Gasteiger partial charge is 0.334 e. The molecule has 2 rings (SSSR count). The zero-order valence-corrected chi connectivity index (χ0v) is 12.2. The molecule has 1 unspecified atom stereocenters. The summed E-state index contributed by atoms with van der Waals surface area (Å²) in [6, 6.07) is 5.68. The molecule has 0 saturated heterocycles. The minimum absolute atomic E-state index is 0.0662. The number of rotatable bonds is 3. The van der Waals surface area contributed by atoms with E-state index in [0.29, 0.717) is 11.1 Å². The molecule has 1 aromatic carbocycles. The van der Waals surface area contributed by atoms with E-state index in [-0.39, 0.29) is 11.7 Å². The molecule has 1 aliphatic heterocycles. The van der Waals surface area contributed by atoms with Gasteiger partial charge in [-0.05, 0) is 24.5 Å². The van der Waals surface area contributed by atoms with E-state index in [0.717, 1.165) is 18.2 Å². The first-order chi connectivity index (χ1) is 9.36. The van der Waals surface area contributed by atoms with Gasteiger partial charge in [0, 0.05) is 5.75 Å². The quantitative estimate of drug-likeness (QED) is 0.880. The maximum absolute atomic E-state index is 12.9. The molecule has 1 heterocycles. The van der Waals surface area contributed by atoms with Gasteiger partial charge in [0.2, 0.25) is 0 Å². The molecule has 20 heavy (non-hydrogen) atoms. The summed E-state index contributed by atoms with van der Waals surface area (Å²) in [6.07, 6.45) is -3.40. The average Bonchev–Trinajstić information content (AvgIpc) is 2.75. The maximum Gasteiger partial charge on any atom is 0.418 e. The highest BCUT2D eigenvalue weighted by atomic mass is 32.2. The summed E-state index contributed by atoms with van der Waals surface area (Å²) in [6.45, 7) is 4.23. The van der Waals surface area contributed by atoms with Crippen LogP contribution in [0.3, 0.4) is 0 Å². The third-order valence-corrected chi connectivity index (χ3v) is 3.96. The molecule has 0 bridgehead atoms. The summed E-state index contributed by atoms with van der Waals surface area (Å²) in [5, 5.41) is 3.39. The molecule has 0 amide bonds. The lowest BCUT2D eigenvalue weighted by Crippen LogP contribution is -2.13. The molecule has 0 radical (unpaired) electrons. The van der Waals surface area contributed by atoms with Crippen molar-refractivity contribution in [3.8, 4) is 0 Å². The lowest BCUT2D eigenvalue weighted by molar-refractivity contribution is -0.136. The number of benzene rings is 1. The van der Waals surface area contributed by atoms with Crippen molar-refractivity contribution in [2.24, 2.45) is 10.9 Å². The van der Waals surface area contributed by atoms with E-state index in [9.17, 15) is 13.2 Å². The van der Waals surface area contributed by atoms with Crippen LogP contribution >= 0.6 is 11.8 Å². The first-order valence-electron chi connectivity index (χ1n) is 6.50. The van der Waals surface area contributed by atoms with Crippen LogP contribution in [0, 0.1) is 5.92 Å². The second kappa shape index (κ2) is 6.08. The Morgan fingerprint density at radius 2 is 2.05 bits per heavy atom. The van der Waals surface area contributed by atoms with Gasteiger partial charge in [0.15, 0.2) is 5.17 Å². The van der Waals surface area contributed by atoms with Crippen LogP contribution in [-0.2, 0) is 6.18 Å². The molecular weight excluding hydrogens is 285 g/mol. The average molecular weight is 302 g/mol. The monoisotopic (exact) mass is 302 g/mol. The molecule has 0 aromatic heterocycles. The Morgan fingerprint density at radius 1 is 1.35 bits per heavy atom. The van der Waals surface area contributed by atoms with E-state index in [1.807, 2.05) is 0 Å². The Labute approximate surface area is 120 Å². The summed E-state index contributed by atoms with van der Waals surface area (Å²) >= 11 is 1.48. The van der Waals surface area contributed by atoms with Crippen molar-refractivity contribution < 1.29 is 13.2 Å². The number of anilines is 1. The largest absolute Gasteiger partial charge is 0.418 e. The van der Waals surface area contributed by atoms with Gasteiger partial charge in [-0.2, -0.15) is 13.2 Å². The Morgan fingerprint density at radius 3 is 2.70 bits per heavy atom. The number of para-hydroxylation sites is 1. The number of amidine groups is 1. The van der Waals surface area contributed by atoms with Gasteiger partial charge in [-0.15, -0.1) is 0 Å². The zero-order valence-electron chi connectivity index (χ0n) is 11.4.